The van der Waals surface area contributed by atoms with Gasteiger partial charge in [-0.3, -0.25) is 5.32 Å². The van der Waals surface area contributed by atoms with E-state index in [1.54, 1.807) is 19.3 Å². The smallest absolute Gasteiger partial charge is 0.364 e. The maximum absolute atomic E-state index is 14.5. The molecule has 0 radical (unpaired) electrons. The first-order chi connectivity index (χ1) is 14.6. The second-order valence-corrected chi connectivity index (χ2v) is 7.61. The summed E-state index contributed by atoms with van der Waals surface area (Å²) in [5.41, 5.74) is 0.395. The van der Waals surface area contributed by atoms with Gasteiger partial charge in [0, 0.05) is 23.3 Å². The molecule has 0 bridgehead atoms. The third-order valence-electron chi connectivity index (χ3n) is 4.95. The molecule has 3 aromatic rings. The van der Waals surface area contributed by atoms with Crippen LogP contribution in [0, 0.1) is 11.7 Å². The first-order valence-electron chi connectivity index (χ1n) is 9.52. The molecule has 0 aliphatic carbocycles. The Labute approximate surface area is 175 Å². The molecular formula is C19H23F4N7O. The van der Waals surface area contributed by atoms with Gasteiger partial charge in [0.05, 0.1) is 31.6 Å². The first kappa shape index (κ1) is 22.8. The maximum Gasteiger partial charge on any atom is 0.401 e. The van der Waals surface area contributed by atoms with E-state index in [2.05, 4.69) is 35.6 Å². The van der Waals surface area contributed by atoms with Crippen molar-refractivity contribution in [2.45, 2.75) is 32.5 Å². The van der Waals surface area contributed by atoms with E-state index in [4.69, 9.17) is 4.74 Å². The zero-order valence-corrected chi connectivity index (χ0v) is 17.2. The number of nitrogens with one attached hydrogen (secondary N) is 3. The van der Waals surface area contributed by atoms with Gasteiger partial charge in [0.2, 0.25) is 0 Å². The SMILES string of the molecule is CC(C)[C@@](C)(COCNCC(F)(F)F)Nc1nc(-c2c[nH]c3ncncc23)ncc1F. The number of fused-ring (bicyclic) bond motifs is 1. The van der Waals surface area contributed by atoms with Crippen molar-refractivity contribution < 1.29 is 22.3 Å². The van der Waals surface area contributed by atoms with Crippen LogP contribution in [-0.4, -0.2) is 56.5 Å². The highest BCUT2D eigenvalue weighted by Crippen LogP contribution is 2.28. The predicted molar refractivity (Wildman–Crippen MR) is 107 cm³/mol. The fourth-order valence-corrected chi connectivity index (χ4v) is 2.78. The molecule has 3 heterocycles. The summed E-state index contributed by atoms with van der Waals surface area (Å²) in [6, 6.07) is 0. The molecule has 3 rings (SSSR count). The lowest BCUT2D eigenvalue weighted by Crippen LogP contribution is -2.46. The summed E-state index contributed by atoms with van der Waals surface area (Å²) in [5, 5.41) is 5.89. The Kier molecular flexibility index (Phi) is 6.70. The molecule has 0 spiro atoms. The molecule has 8 nitrogen and oxygen atoms in total. The van der Waals surface area contributed by atoms with Crippen LogP contribution in [-0.2, 0) is 4.74 Å². The monoisotopic (exact) mass is 441 g/mol. The van der Waals surface area contributed by atoms with Gasteiger partial charge in [-0.1, -0.05) is 13.8 Å². The number of aromatic amines is 1. The van der Waals surface area contributed by atoms with Crippen LogP contribution in [0.15, 0.2) is 24.9 Å². The number of H-pyrrole nitrogens is 1. The predicted octanol–water partition coefficient (Wildman–Crippen LogP) is 3.51. The summed E-state index contributed by atoms with van der Waals surface area (Å²) in [4.78, 5) is 19.5. The van der Waals surface area contributed by atoms with Crippen LogP contribution in [0.5, 0.6) is 0 Å². The fourth-order valence-electron chi connectivity index (χ4n) is 2.78. The number of alkyl halides is 3. The lowest BCUT2D eigenvalue weighted by molar-refractivity contribution is -0.128. The zero-order chi connectivity index (χ0) is 22.6. The Morgan fingerprint density at radius 3 is 2.68 bits per heavy atom. The van der Waals surface area contributed by atoms with Crippen molar-refractivity contribution in [1.82, 2.24) is 30.2 Å². The molecule has 3 aromatic heterocycles. The first-order valence-corrected chi connectivity index (χ1v) is 9.52. The van der Waals surface area contributed by atoms with E-state index in [1.807, 2.05) is 13.8 Å². The van der Waals surface area contributed by atoms with Crippen molar-refractivity contribution in [3.8, 4) is 11.4 Å². The van der Waals surface area contributed by atoms with Crippen LogP contribution in [0.25, 0.3) is 22.4 Å². The fraction of sp³-hybridized carbons (Fsp3) is 0.474. The molecule has 0 saturated carbocycles. The quantitative estimate of drug-likeness (QED) is 0.265. The largest absolute Gasteiger partial charge is 0.401 e. The van der Waals surface area contributed by atoms with E-state index >= 15 is 0 Å². The molecule has 31 heavy (non-hydrogen) atoms. The Morgan fingerprint density at radius 1 is 1.19 bits per heavy atom. The molecule has 168 valence electrons. The van der Waals surface area contributed by atoms with Crippen LogP contribution in [0.1, 0.15) is 20.8 Å². The van der Waals surface area contributed by atoms with E-state index in [1.165, 1.54) is 6.33 Å². The third-order valence-corrected chi connectivity index (χ3v) is 4.95. The summed E-state index contributed by atoms with van der Waals surface area (Å²) in [6.45, 7) is 4.12. The second kappa shape index (κ2) is 9.10. The number of hydrogen-bond acceptors (Lipinski definition) is 7. The van der Waals surface area contributed by atoms with Gasteiger partial charge in [0.25, 0.3) is 0 Å². The van der Waals surface area contributed by atoms with Gasteiger partial charge in [0.1, 0.15) is 12.0 Å². The number of aromatic nitrogens is 5. The molecule has 0 aliphatic heterocycles. The molecule has 0 saturated heterocycles. The molecule has 1 atom stereocenters. The number of nitrogens with zero attached hydrogens (tertiary/aromatic N) is 4. The number of halogens is 4. The normalized spacial score (nSPS) is 14.2. The lowest BCUT2D eigenvalue weighted by Gasteiger charge is -2.35. The van der Waals surface area contributed by atoms with Gasteiger partial charge < -0.3 is 15.0 Å². The maximum atomic E-state index is 14.5. The van der Waals surface area contributed by atoms with Crippen LogP contribution in [0.3, 0.4) is 0 Å². The average molecular weight is 441 g/mol. The molecule has 12 heteroatoms. The van der Waals surface area contributed by atoms with Crippen molar-refractivity contribution in [2.24, 2.45) is 5.92 Å². The Balaban J connectivity index is 1.76. The Bertz CT molecular complexity index is 1020. The molecule has 0 unspecified atom stereocenters. The summed E-state index contributed by atoms with van der Waals surface area (Å²) in [6.07, 6.45) is 1.40. The van der Waals surface area contributed by atoms with Crippen molar-refractivity contribution >= 4 is 16.9 Å². The van der Waals surface area contributed by atoms with Crippen LogP contribution in [0.2, 0.25) is 0 Å². The highest BCUT2D eigenvalue weighted by atomic mass is 19.4. The molecular weight excluding hydrogens is 418 g/mol. The number of rotatable bonds is 9. The van der Waals surface area contributed by atoms with Crippen molar-refractivity contribution in [2.75, 3.05) is 25.2 Å². The van der Waals surface area contributed by atoms with E-state index in [9.17, 15) is 17.6 Å². The topological polar surface area (TPSA) is 101 Å². The lowest BCUT2D eigenvalue weighted by atomic mass is 9.89. The number of hydrogen-bond donors (Lipinski definition) is 3. The van der Waals surface area contributed by atoms with E-state index < -0.39 is 24.1 Å². The zero-order valence-electron chi connectivity index (χ0n) is 17.2. The van der Waals surface area contributed by atoms with Gasteiger partial charge >= 0.3 is 6.18 Å². The van der Waals surface area contributed by atoms with Gasteiger partial charge in [-0.25, -0.2) is 24.3 Å². The number of ether oxygens (including phenoxy) is 1. The Hall–Kier alpha value is -2.86. The van der Waals surface area contributed by atoms with Crippen LogP contribution in [0.4, 0.5) is 23.4 Å². The molecule has 3 N–H and O–H groups in total. The van der Waals surface area contributed by atoms with Gasteiger partial charge in [-0.2, -0.15) is 13.2 Å². The van der Waals surface area contributed by atoms with Gasteiger partial charge in [-0.05, 0) is 12.8 Å². The van der Waals surface area contributed by atoms with Gasteiger partial charge in [-0.15, -0.1) is 0 Å². The summed E-state index contributed by atoms with van der Waals surface area (Å²) >= 11 is 0. The molecule has 0 amide bonds. The molecule has 0 aromatic carbocycles. The third kappa shape index (κ3) is 5.64. The van der Waals surface area contributed by atoms with E-state index in [-0.39, 0.29) is 30.9 Å². The van der Waals surface area contributed by atoms with Crippen molar-refractivity contribution in [1.29, 1.82) is 0 Å². The standard InChI is InChI=1S/C19H23F4N7O/c1-11(2)18(3,8-31-10-25-7-19(21,22)23)30-17-14(20)6-27-16(29-17)13-5-26-15-12(13)4-24-9-28-15/h4-6,9,11,25H,7-8,10H2,1-3H3,(H,24,26,28)(H,27,29,30)/t18-/m1/s1. The van der Waals surface area contributed by atoms with Crippen LogP contribution < -0.4 is 10.6 Å². The van der Waals surface area contributed by atoms with Crippen molar-refractivity contribution in [3.63, 3.8) is 0 Å². The number of anilines is 1. The van der Waals surface area contributed by atoms with E-state index in [0.717, 1.165) is 6.20 Å². The highest BCUT2D eigenvalue weighted by Gasteiger charge is 2.31. The minimum Gasteiger partial charge on any atom is -0.364 e. The van der Waals surface area contributed by atoms with Gasteiger partial charge in [0.15, 0.2) is 17.5 Å². The summed E-state index contributed by atoms with van der Waals surface area (Å²) in [5.74, 6) is -0.501. The summed E-state index contributed by atoms with van der Waals surface area (Å²) in [7, 11) is 0. The highest BCUT2D eigenvalue weighted by molar-refractivity contribution is 5.90. The minimum atomic E-state index is -4.32. The Morgan fingerprint density at radius 2 is 1.97 bits per heavy atom. The van der Waals surface area contributed by atoms with E-state index in [0.29, 0.717) is 16.6 Å². The molecule has 0 fully saturated rings. The average Bonchev–Trinajstić information content (AvgIpc) is 3.12. The van der Waals surface area contributed by atoms with Crippen LogP contribution >= 0.6 is 0 Å². The summed E-state index contributed by atoms with van der Waals surface area (Å²) < 4.78 is 56.6. The molecule has 0 aliphatic rings. The minimum absolute atomic E-state index is 0.0230. The van der Waals surface area contributed by atoms with Crippen molar-refractivity contribution in [3.05, 3.63) is 30.7 Å². The second-order valence-electron chi connectivity index (χ2n) is 7.61.